The summed E-state index contributed by atoms with van der Waals surface area (Å²) in [6.07, 6.45) is 0. The first kappa shape index (κ1) is 11.6. The van der Waals surface area contributed by atoms with E-state index in [1.165, 1.54) is 11.3 Å². The summed E-state index contributed by atoms with van der Waals surface area (Å²) in [6, 6.07) is 9.52. The quantitative estimate of drug-likeness (QED) is 0.814. The van der Waals surface area contributed by atoms with Crippen LogP contribution in [0.1, 0.15) is 21.7 Å². The van der Waals surface area contributed by atoms with Gasteiger partial charge in [-0.2, -0.15) is 5.26 Å². The average molecular weight is 244 g/mol. The van der Waals surface area contributed by atoms with E-state index in [0.29, 0.717) is 12.1 Å². The first-order valence-electron chi connectivity index (χ1n) is 5.28. The van der Waals surface area contributed by atoms with Crippen LogP contribution in [0.3, 0.4) is 0 Å². The number of benzene rings is 1. The molecular weight excluding hydrogens is 232 g/mol. The molecule has 0 spiro atoms. The van der Waals surface area contributed by atoms with Gasteiger partial charge in [-0.05, 0) is 25.5 Å². The van der Waals surface area contributed by atoms with E-state index in [1.54, 1.807) is 10.6 Å². The molecule has 0 fully saturated rings. The van der Waals surface area contributed by atoms with Crippen LogP contribution in [-0.4, -0.2) is 4.57 Å². The molecule has 0 amide bonds. The number of aryl methyl sites for hydroxylation is 1. The molecule has 0 saturated carbocycles. The highest BCUT2D eigenvalue weighted by molar-refractivity contribution is 7.09. The molecule has 1 heterocycles. The lowest BCUT2D eigenvalue weighted by molar-refractivity contribution is 0.750. The predicted octanol–water partition coefficient (Wildman–Crippen LogP) is 2.45. The van der Waals surface area contributed by atoms with E-state index in [9.17, 15) is 4.79 Å². The minimum absolute atomic E-state index is 0.0349. The number of aromatic nitrogens is 1. The number of nitriles is 1. The summed E-state index contributed by atoms with van der Waals surface area (Å²) in [7, 11) is 0. The molecule has 2 aromatic rings. The summed E-state index contributed by atoms with van der Waals surface area (Å²) in [5.74, 6) is 0. The van der Waals surface area contributed by atoms with Gasteiger partial charge in [-0.1, -0.05) is 29.5 Å². The first-order valence-corrected chi connectivity index (χ1v) is 6.10. The maximum absolute atomic E-state index is 11.8. The number of rotatable bonds is 2. The Balaban J connectivity index is 2.46. The number of hydrogen-bond donors (Lipinski definition) is 0. The Bertz CT molecular complexity index is 646. The van der Waals surface area contributed by atoms with Gasteiger partial charge < -0.3 is 0 Å². The molecule has 2 rings (SSSR count). The normalized spacial score (nSPS) is 10.2. The van der Waals surface area contributed by atoms with Gasteiger partial charge in [0.2, 0.25) is 0 Å². The van der Waals surface area contributed by atoms with Crippen LogP contribution >= 0.6 is 11.3 Å². The summed E-state index contributed by atoms with van der Waals surface area (Å²) < 4.78 is 1.72. The molecule has 3 nitrogen and oxygen atoms in total. The Morgan fingerprint density at radius 2 is 2.06 bits per heavy atom. The zero-order valence-corrected chi connectivity index (χ0v) is 10.5. The van der Waals surface area contributed by atoms with Crippen molar-refractivity contribution in [3.05, 3.63) is 55.6 Å². The Morgan fingerprint density at radius 3 is 2.65 bits per heavy atom. The highest BCUT2D eigenvalue weighted by Crippen LogP contribution is 2.14. The standard InChI is InChI=1S/C13H12N2OS/c1-9-10(2)17-13(16)15(9)8-12-6-4-3-5-11(12)7-14/h3-6H,8H2,1-2H3. The van der Waals surface area contributed by atoms with E-state index in [-0.39, 0.29) is 4.87 Å². The van der Waals surface area contributed by atoms with Gasteiger partial charge in [0.15, 0.2) is 0 Å². The Kier molecular flexibility index (Phi) is 3.12. The van der Waals surface area contributed by atoms with E-state index in [2.05, 4.69) is 6.07 Å². The van der Waals surface area contributed by atoms with Crippen LogP contribution < -0.4 is 4.87 Å². The Hall–Kier alpha value is -1.86. The van der Waals surface area contributed by atoms with Crippen molar-refractivity contribution in [2.24, 2.45) is 0 Å². The van der Waals surface area contributed by atoms with Crippen molar-refractivity contribution >= 4 is 11.3 Å². The topological polar surface area (TPSA) is 45.8 Å². The van der Waals surface area contributed by atoms with Gasteiger partial charge in [-0.3, -0.25) is 9.36 Å². The fraction of sp³-hybridized carbons (Fsp3) is 0.231. The first-order chi connectivity index (χ1) is 8.13. The molecule has 86 valence electrons. The van der Waals surface area contributed by atoms with Gasteiger partial charge in [0.25, 0.3) is 0 Å². The largest absolute Gasteiger partial charge is 0.307 e. The predicted molar refractivity (Wildman–Crippen MR) is 68.3 cm³/mol. The van der Waals surface area contributed by atoms with Crippen LogP contribution in [0.5, 0.6) is 0 Å². The second kappa shape index (κ2) is 4.56. The van der Waals surface area contributed by atoms with Crippen molar-refractivity contribution in [2.45, 2.75) is 20.4 Å². The Labute approximate surface area is 104 Å². The summed E-state index contributed by atoms with van der Waals surface area (Å²) in [5.41, 5.74) is 2.49. The third-order valence-corrected chi connectivity index (χ3v) is 3.84. The minimum atomic E-state index is 0.0349. The molecule has 1 aromatic carbocycles. The van der Waals surface area contributed by atoms with Gasteiger partial charge in [0, 0.05) is 10.6 Å². The average Bonchev–Trinajstić information content (AvgIpc) is 2.57. The van der Waals surface area contributed by atoms with Gasteiger partial charge in [0.1, 0.15) is 0 Å². The maximum atomic E-state index is 11.8. The maximum Gasteiger partial charge on any atom is 0.307 e. The second-order valence-corrected chi connectivity index (χ2v) is 5.03. The lowest BCUT2D eigenvalue weighted by Crippen LogP contribution is -2.16. The van der Waals surface area contributed by atoms with Crippen LogP contribution in [0.2, 0.25) is 0 Å². The fourth-order valence-corrected chi connectivity index (χ4v) is 2.54. The third-order valence-electron chi connectivity index (χ3n) is 2.84. The van der Waals surface area contributed by atoms with Gasteiger partial charge in [0.05, 0.1) is 18.2 Å². The molecule has 17 heavy (non-hydrogen) atoms. The summed E-state index contributed by atoms with van der Waals surface area (Å²) >= 11 is 1.25. The highest BCUT2D eigenvalue weighted by atomic mass is 32.1. The monoisotopic (exact) mass is 244 g/mol. The second-order valence-electron chi connectivity index (χ2n) is 3.86. The van der Waals surface area contributed by atoms with Crippen LogP contribution in [0.15, 0.2) is 29.1 Å². The van der Waals surface area contributed by atoms with Crippen LogP contribution in [-0.2, 0) is 6.54 Å². The molecule has 0 bridgehead atoms. The zero-order valence-electron chi connectivity index (χ0n) is 9.73. The van der Waals surface area contributed by atoms with Crippen LogP contribution in [0, 0.1) is 25.2 Å². The molecule has 0 aliphatic heterocycles. The summed E-state index contributed by atoms with van der Waals surface area (Å²) in [4.78, 5) is 12.8. The van der Waals surface area contributed by atoms with Gasteiger partial charge in [-0.15, -0.1) is 0 Å². The van der Waals surface area contributed by atoms with E-state index >= 15 is 0 Å². The highest BCUT2D eigenvalue weighted by Gasteiger charge is 2.09. The summed E-state index contributed by atoms with van der Waals surface area (Å²) in [6.45, 7) is 4.34. The molecular formula is C13H12N2OS. The van der Waals surface area contributed by atoms with Crippen molar-refractivity contribution in [3.8, 4) is 6.07 Å². The van der Waals surface area contributed by atoms with Gasteiger partial charge in [-0.25, -0.2) is 0 Å². The molecule has 0 aliphatic carbocycles. The van der Waals surface area contributed by atoms with E-state index in [0.717, 1.165) is 16.1 Å². The molecule has 0 aliphatic rings. The molecule has 0 N–H and O–H groups in total. The Morgan fingerprint density at radius 1 is 1.35 bits per heavy atom. The SMILES string of the molecule is Cc1sc(=O)n(Cc2ccccc2C#N)c1C. The van der Waals surface area contributed by atoms with E-state index in [4.69, 9.17) is 5.26 Å². The van der Waals surface area contributed by atoms with Crippen molar-refractivity contribution in [1.82, 2.24) is 4.57 Å². The van der Waals surface area contributed by atoms with Crippen molar-refractivity contribution < 1.29 is 0 Å². The number of thiazole rings is 1. The lowest BCUT2D eigenvalue weighted by atomic mass is 10.1. The number of nitrogens with zero attached hydrogens (tertiary/aromatic N) is 2. The van der Waals surface area contributed by atoms with Crippen molar-refractivity contribution in [1.29, 1.82) is 5.26 Å². The molecule has 0 unspecified atom stereocenters. The zero-order chi connectivity index (χ0) is 12.4. The molecule has 4 heteroatoms. The van der Waals surface area contributed by atoms with E-state index < -0.39 is 0 Å². The van der Waals surface area contributed by atoms with Crippen molar-refractivity contribution in [3.63, 3.8) is 0 Å². The van der Waals surface area contributed by atoms with Crippen molar-refractivity contribution in [2.75, 3.05) is 0 Å². The van der Waals surface area contributed by atoms with Crippen LogP contribution in [0.25, 0.3) is 0 Å². The third kappa shape index (κ3) is 2.15. The van der Waals surface area contributed by atoms with E-state index in [1.807, 2.05) is 32.0 Å². The minimum Gasteiger partial charge on any atom is -0.299 e. The molecule has 1 aromatic heterocycles. The van der Waals surface area contributed by atoms with Gasteiger partial charge >= 0.3 is 4.87 Å². The molecule has 0 saturated heterocycles. The molecule has 0 atom stereocenters. The number of hydrogen-bond acceptors (Lipinski definition) is 3. The lowest BCUT2D eigenvalue weighted by Gasteiger charge is -2.06. The molecule has 0 radical (unpaired) electrons. The fourth-order valence-electron chi connectivity index (χ4n) is 1.71. The van der Waals surface area contributed by atoms with Crippen LogP contribution in [0.4, 0.5) is 0 Å². The smallest absolute Gasteiger partial charge is 0.299 e. The summed E-state index contributed by atoms with van der Waals surface area (Å²) in [5, 5.41) is 9.01.